The van der Waals surface area contributed by atoms with Crippen LogP contribution in [0, 0.1) is 5.82 Å². The van der Waals surface area contributed by atoms with Crippen molar-refractivity contribution in [1.82, 2.24) is 9.88 Å². The first kappa shape index (κ1) is 16.0. The molecule has 3 rings (SSSR count). The number of ether oxygens (including phenoxy) is 1. The molecule has 1 aliphatic heterocycles. The number of rotatable bonds is 4. The number of aromatic nitrogens is 1. The Morgan fingerprint density at radius 3 is 3.13 bits per heavy atom. The Hall–Kier alpha value is -1.83. The summed E-state index contributed by atoms with van der Waals surface area (Å²) in [7, 11) is 0. The van der Waals surface area contributed by atoms with Crippen LogP contribution in [-0.2, 0) is 16.1 Å². The molecule has 2 heterocycles. The number of hydrogen-bond donors (Lipinski definition) is 1. The summed E-state index contributed by atoms with van der Waals surface area (Å²) < 4.78 is 20.9. The summed E-state index contributed by atoms with van der Waals surface area (Å²) >= 11 is 1.37. The van der Waals surface area contributed by atoms with E-state index in [0.717, 1.165) is 6.54 Å². The summed E-state index contributed by atoms with van der Waals surface area (Å²) in [6, 6.07) is 6.63. The van der Waals surface area contributed by atoms with Gasteiger partial charge in [0.15, 0.2) is 4.80 Å². The molecule has 0 spiro atoms. The molecule has 1 atom stereocenters. The highest BCUT2D eigenvalue weighted by Crippen LogP contribution is 2.08. The predicted molar refractivity (Wildman–Crippen MR) is 85.6 cm³/mol. The number of nitrogens with zero attached hydrogens (tertiary/aromatic N) is 2. The zero-order chi connectivity index (χ0) is 16.1. The Kier molecular flexibility index (Phi) is 5.32. The number of nitrogens with one attached hydrogen (secondary N) is 1. The summed E-state index contributed by atoms with van der Waals surface area (Å²) in [5.41, 5.74) is 0.571. The van der Waals surface area contributed by atoms with Gasteiger partial charge < -0.3 is 14.6 Å². The Balaban J connectivity index is 1.72. The lowest BCUT2D eigenvalue weighted by Crippen LogP contribution is -2.42. The minimum Gasteiger partial charge on any atom is -0.378 e. The lowest BCUT2D eigenvalue weighted by Gasteiger charge is -2.22. The first-order chi connectivity index (χ1) is 11.2. The number of morpholine rings is 1. The number of halogens is 1. The van der Waals surface area contributed by atoms with Gasteiger partial charge in [-0.05, 0) is 6.07 Å². The molecular weight excluding hydrogens is 317 g/mol. The second kappa shape index (κ2) is 7.63. The van der Waals surface area contributed by atoms with Gasteiger partial charge in [-0.1, -0.05) is 18.2 Å². The second-order valence-corrected chi connectivity index (χ2v) is 6.21. The molecule has 1 unspecified atom stereocenters. The van der Waals surface area contributed by atoms with Crippen LogP contribution in [-0.4, -0.2) is 36.3 Å². The molecule has 2 aromatic rings. The van der Waals surface area contributed by atoms with E-state index in [-0.39, 0.29) is 17.8 Å². The van der Waals surface area contributed by atoms with Gasteiger partial charge in [0.25, 0.3) is 0 Å². The van der Waals surface area contributed by atoms with Crippen molar-refractivity contribution in [1.29, 1.82) is 0 Å². The minimum atomic E-state index is -0.257. The highest BCUT2D eigenvalue weighted by atomic mass is 32.1. The molecule has 1 aliphatic rings. The molecule has 0 saturated carbocycles. The van der Waals surface area contributed by atoms with Crippen LogP contribution in [0.25, 0.3) is 0 Å². The molecule has 1 saturated heterocycles. The number of benzene rings is 1. The zero-order valence-corrected chi connectivity index (χ0v) is 13.4. The summed E-state index contributed by atoms with van der Waals surface area (Å²) in [6.07, 6.45) is 2.11. The van der Waals surface area contributed by atoms with Crippen molar-refractivity contribution in [3.05, 3.63) is 52.0 Å². The van der Waals surface area contributed by atoms with Gasteiger partial charge in [-0.3, -0.25) is 4.79 Å². The van der Waals surface area contributed by atoms with Crippen molar-refractivity contribution < 1.29 is 13.9 Å². The fraction of sp³-hybridized carbons (Fsp3) is 0.375. The maximum absolute atomic E-state index is 13.8. The third-order valence-corrected chi connectivity index (χ3v) is 4.39. The van der Waals surface area contributed by atoms with Crippen molar-refractivity contribution in [2.24, 2.45) is 4.99 Å². The molecule has 1 fully saturated rings. The Labute approximate surface area is 137 Å². The summed E-state index contributed by atoms with van der Waals surface area (Å²) in [5.74, 6) is -0.454. The molecule has 1 amide bonds. The van der Waals surface area contributed by atoms with E-state index in [1.165, 1.54) is 17.4 Å². The van der Waals surface area contributed by atoms with Gasteiger partial charge in [0, 0.05) is 36.1 Å². The van der Waals surface area contributed by atoms with Crippen LogP contribution in [0.1, 0.15) is 12.0 Å². The van der Waals surface area contributed by atoms with Crippen molar-refractivity contribution in [3.63, 3.8) is 0 Å². The van der Waals surface area contributed by atoms with Crippen molar-refractivity contribution in [2.45, 2.75) is 19.0 Å². The molecule has 1 N–H and O–H groups in total. The molecule has 0 radical (unpaired) electrons. The van der Waals surface area contributed by atoms with Crippen LogP contribution in [0.4, 0.5) is 4.39 Å². The van der Waals surface area contributed by atoms with Gasteiger partial charge in [0.2, 0.25) is 5.91 Å². The number of amides is 1. The predicted octanol–water partition coefficient (Wildman–Crippen LogP) is 1.54. The SMILES string of the molecule is O=C(CC1COCCN1)N=c1sccn1Cc1ccccc1F. The van der Waals surface area contributed by atoms with E-state index in [4.69, 9.17) is 4.74 Å². The standard InChI is InChI=1S/C16H18FN3O2S/c17-14-4-2-1-3-12(14)10-20-6-8-23-16(20)19-15(21)9-13-11-22-7-5-18-13/h1-4,6,8,13,18H,5,7,9-11H2. The molecule has 122 valence electrons. The average Bonchev–Trinajstić information content (AvgIpc) is 2.97. The zero-order valence-electron chi connectivity index (χ0n) is 12.6. The summed E-state index contributed by atoms with van der Waals surface area (Å²) in [5, 5.41) is 5.07. The van der Waals surface area contributed by atoms with Crippen molar-refractivity contribution in [3.8, 4) is 0 Å². The molecule has 1 aromatic carbocycles. The molecular formula is C16H18FN3O2S. The Morgan fingerprint density at radius 1 is 1.48 bits per heavy atom. The van der Waals surface area contributed by atoms with Crippen LogP contribution in [0.15, 0.2) is 40.8 Å². The Morgan fingerprint density at radius 2 is 2.35 bits per heavy atom. The fourth-order valence-electron chi connectivity index (χ4n) is 2.43. The smallest absolute Gasteiger partial charge is 0.249 e. The number of hydrogen-bond acceptors (Lipinski definition) is 4. The monoisotopic (exact) mass is 335 g/mol. The van der Waals surface area contributed by atoms with Gasteiger partial charge in [0.1, 0.15) is 5.82 Å². The maximum atomic E-state index is 13.8. The maximum Gasteiger partial charge on any atom is 0.249 e. The molecule has 1 aromatic heterocycles. The molecule has 7 heteroatoms. The van der Waals surface area contributed by atoms with Gasteiger partial charge >= 0.3 is 0 Å². The van der Waals surface area contributed by atoms with E-state index in [9.17, 15) is 9.18 Å². The van der Waals surface area contributed by atoms with Crippen molar-refractivity contribution >= 4 is 17.2 Å². The third-order valence-electron chi connectivity index (χ3n) is 3.60. The lowest BCUT2D eigenvalue weighted by molar-refractivity contribution is -0.119. The van der Waals surface area contributed by atoms with E-state index in [1.807, 2.05) is 11.6 Å². The highest BCUT2D eigenvalue weighted by Gasteiger charge is 2.16. The van der Waals surface area contributed by atoms with Crippen molar-refractivity contribution in [2.75, 3.05) is 19.8 Å². The largest absolute Gasteiger partial charge is 0.378 e. The first-order valence-corrected chi connectivity index (χ1v) is 8.36. The molecule has 5 nitrogen and oxygen atoms in total. The van der Waals surface area contributed by atoms with Gasteiger partial charge in [-0.15, -0.1) is 11.3 Å². The van der Waals surface area contributed by atoms with Gasteiger partial charge in [-0.2, -0.15) is 4.99 Å². The normalized spacial score (nSPS) is 19.0. The van der Waals surface area contributed by atoms with Crippen LogP contribution in [0.2, 0.25) is 0 Å². The lowest BCUT2D eigenvalue weighted by atomic mass is 10.2. The van der Waals surface area contributed by atoms with Crippen LogP contribution >= 0.6 is 11.3 Å². The van der Waals surface area contributed by atoms with Gasteiger partial charge in [-0.25, -0.2) is 4.39 Å². The van der Waals surface area contributed by atoms with Crippen LogP contribution in [0.3, 0.4) is 0 Å². The fourth-order valence-corrected chi connectivity index (χ4v) is 3.18. The van der Waals surface area contributed by atoms with E-state index in [2.05, 4.69) is 10.3 Å². The Bertz CT molecular complexity index is 735. The first-order valence-electron chi connectivity index (χ1n) is 7.48. The highest BCUT2D eigenvalue weighted by molar-refractivity contribution is 7.07. The summed E-state index contributed by atoms with van der Waals surface area (Å²) in [4.78, 5) is 16.8. The minimum absolute atomic E-state index is 0.0139. The second-order valence-electron chi connectivity index (χ2n) is 5.34. The van der Waals surface area contributed by atoms with Crippen LogP contribution in [0.5, 0.6) is 0 Å². The number of carbonyl (C=O) groups excluding carboxylic acids is 1. The van der Waals surface area contributed by atoms with E-state index >= 15 is 0 Å². The molecule has 0 bridgehead atoms. The van der Waals surface area contributed by atoms with Gasteiger partial charge in [0.05, 0.1) is 19.8 Å². The van der Waals surface area contributed by atoms with Crippen LogP contribution < -0.4 is 10.1 Å². The average molecular weight is 335 g/mol. The molecule has 23 heavy (non-hydrogen) atoms. The summed E-state index contributed by atoms with van der Waals surface area (Å²) in [6.45, 7) is 2.31. The number of thiazole rings is 1. The van der Waals surface area contributed by atoms with E-state index in [1.54, 1.807) is 22.8 Å². The van der Waals surface area contributed by atoms with E-state index < -0.39 is 0 Å². The topological polar surface area (TPSA) is 55.6 Å². The quantitative estimate of drug-likeness (QED) is 0.922. The third kappa shape index (κ3) is 4.34. The van der Waals surface area contributed by atoms with E-state index in [0.29, 0.717) is 36.5 Å². The number of carbonyl (C=O) groups is 1. The molecule has 0 aliphatic carbocycles.